The topological polar surface area (TPSA) is 54.9 Å². The average molecular weight is 259 g/mol. The molecule has 2 aliphatic carbocycles. The standard InChI is InChI=1S/C15H21N3O/c19-15(14-7-4-8-16-18-14)17-13-9-12(10-13)11-5-2-1-3-6-11/h4,7-8,11-13H,1-3,5-6,9-10H2,(H,17,19). The van der Waals surface area contributed by atoms with E-state index >= 15 is 0 Å². The van der Waals surface area contributed by atoms with Crippen molar-refractivity contribution >= 4 is 5.91 Å². The van der Waals surface area contributed by atoms with Crippen LogP contribution < -0.4 is 5.32 Å². The van der Waals surface area contributed by atoms with E-state index in [1.54, 1.807) is 18.3 Å². The van der Waals surface area contributed by atoms with E-state index in [0.717, 1.165) is 24.7 Å². The van der Waals surface area contributed by atoms with Crippen LogP contribution in [0.15, 0.2) is 18.3 Å². The van der Waals surface area contributed by atoms with Gasteiger partial charge in [-0.25, -0.2) is 0 Å². The molecule has 2 aliphatic rings. The first kappa shape index (κ1) is 12.6. The van der Waals surface area contributed by atoms with Crippen molar-refractivity contribution in [3.8, 4) is 0 Å². The first-order valence-electron chi connectivity index (χ1n) is 7.41. The first-order chi connectivity index (χ1) is 9.33. The van der Waals surface area contributed by atoms with E-state index in [2.05, 4.69) is 15.5 Å². The number of aromatic nitrogens is 2. The summed E-state index contributed by atoms with van der Waals surface area (Å²) in [6, 6.07) is 3.80. The maximum absolute atomic E-state index is 11.9. The molecule has 1 aromatic rings. The van der Waals surface area contributed by atoms with Crippen LogP contribution in [-0.4, -0.2) is 22.1 Å². The zero-order valence-corrected chi connectivity index (χ0v) is 11.2. The molecule has 2 fully saturated rings. The summed E-state index contributed by atoms with van der Waals surface area (Å²) in [6.45, 7) is 0. The molecule has 19 heavy (non-hydrogen) atoms. The van der Waals surface area contributed by atoms with Gasteiger partial charge in [0.2, 0.25) is 0 Å². The molecule has 0 aromatic carbocycles. The number of hydrogen-bond acceptors (Lipinski definition) is 3. The highest BCUT2D eigenvalue weighted by Gasteiger charge is 2.36. The molecule has 0 bridgehead atoms. The minimum absolute atomic E-state index is 0.0832. The van der Waals surface area contributed by atoms with Crippen molar-refractivity contribution in [2.75, 3.05) is 0 Å². The monoisotopic (exact) mass is 259 g/mol. The molecule has 4 nitrogen and oxygen atoms in total. The van der Waals surface area contributed by atoms with Gasteiger partial charge in [0, 0.05) is 12.2 Å². The van der Waals surface area contributed by atoms with Crippen LogP contribution in [0.2, 0.25) is 0 Å². The van der Waals surface area contributed by atoms with Crippen LogP contribution >= 0.6 is 0 Å². The number of carbonyl (C=O) groups is 1. The Labute approximate surface area is 114 Å². The number of nitrogens with zero attached hydrogens (tertiary/aromatic N) is 2. The van der Waals surface area contributed by atoms with Gasteiger partial charge in [-0.1, -0.05) is 32.1 Å². The lowest BCUT2D eigenvalue weighted by Crippen LogP contribution is -2.46. The molecule has 3 rings (SSSR count). The van der Waals surface area contributed by atoms with Crippen molar-refractivity contribution in [1.29, 1.82) is 0 Å². The summed E-state index contributed by atoms with van der Waals surface area (Å²) in [5.74, 6) is 1.67. The van der Waals surface area contributed by atoms with Gasteiger partial charge in [-0.2, -0.15) is 5.10 Å². The molecule has 0 atom stereocenters. The fraction of sp³-hybridized carbons (Fsp3) is 0.667. The molecule has 4 heteroatoms. The number of carbonyl (C=O) groups excluding carboxylic acids is 1. The largest absolute Gasteiger partial charge is 0.348 e. The van der Waals surface area contributed by atoms with Crippen molar-refractivity contribution in [3.05, 3.63) is 24.0 Å². The molecule has 102 valence electrons. The summed E-state index contributed by atoms with van der Waals surface area (Å²) in [7, 11) is 0. The Morgan fingerprint density at radius 1 is 1.16 bits per heavy atom. The van der Waals surface area contributed by atoms with Crippen LogP contribution in [0.4, 0.5) is 0 Å². The van der Waals surface area contributed by atoms with E-state index in [9.17, 15) is 4.79 Å². The van der Waals surface area contributed by atoms with Gasteiger partial charge < -0.3 is 5.32 Å². The fourth-order valence-electron chi connectivity index (χ4n) is 3.45. The average Bonchev–Trinajstić information content (AvgIpc) is 2.44. The summed E-state index contributed by atoms with van der Waals surface area (Å²) in [6.07, 6.45) is 10.9. The molecule has 1 heterocycles. The zero-order valence-electron chi connectivity index (χ0n) is 11.2. The number of rotatable bonds is 3. The van der Waals surface area contributed by atoms with Crippen molar-refractivity contribution in [2.24, 2.45) is 11.8 Å². The molecule has 2 saturated carbocycles. The highest BCUT2D eigenvalue weighted by atomic mass is 16.2. The van der Waals surface area contributed by atoms with Crippen LogP contribution in [0.1, 0.15) is 55.4 Å². The second kappa shape index (κ2) is 5.68. The van der Waals surface area contributed by atoms with Gasteiger partial charge >= 0.3 is 0 Å². The lowest BCUT2D eigenvalue weighted by molar-refractivity contribution is 0.0806. The third-order valence-corrected chi connectivity index (χ3v) is 4.63. The Kier molecular flexibility index (Phi) is 3.76. The van der Waals surface area contributed by atoms with E-state index in [0.29, 0.717) is 11.7 Å². The predicted octanol–water partition coefficient (Wildman–Crippen LogP) is 2.57. The minimum atomic E-state index is -0.0832. The quantitative estimate of drug-likeness (QED) is 0.907. The second-order valence-electron chi connectivity index (χ2n) is 5.91. The van der Waals surface area contributed by atoms with Crippen molar-refractivity contribution in [3.63, 3.8) is 0 Å². The maximum atomic E-state index is 11.9. The summed E-state index contributed by atoms with van der Waals surface area (Å²) in [4.78, 5) is 11.9. The fourth-order valence-corrected chi connectivity index (χ4v) is 3.45. The second-order valence-corrected chi connectivity index (χ2v) is 5.91. The summed E-state index contributed by atoms with van der Waals surface area (Å²) >= 11 is 0. The van der Waals surface area contributed by atoms with Gasteiger partial charge in [-0.05, 0) is 36.8 Å². The molecular formula is C15H21N3O. The summed E-state index contributed by atoms with van der Waals surface area (Å²) in [5, 5.41) is 10.6. The lowest BCUT2D eigenvalue weighted by atomic mass is 9.67. The summed E-state index contributed by atoms with van der Waals surface area (Å²) in [5.41, 5.74) is 0.420. The van der Waals surface area contributed by atoms with Crippen molar-refractivity contribution < 1.29 is 4.79 Å². The van der Waals surface area contributed by atoms with Gasteiger partial charge in [0.05, 0.1) is 0 Å². The Hall–Kier alpha value is -1.45. The Morgan fingerprint density at radius 2 is 1.95 bits per heavy atom. The third kappa shape index (κ3) is 2.94. The first-order valence-corrected chi connectivity index (χ1v) is 7.41. The van der Waals surface area contributed by atoms with Crippen LogP contribution in [0.5, 0.6) is 0 Å². The minimum Gasteiger partial charge on any atom is -0.348 e. The molecule has 0 saturated heterocycles. The van der Waals surface area contributed by atoms with Crippen LogP contribution in [0.25, 0.3) is 0 Å². The molecule has 0 radical (unpaired) electrons. The Bertz CT molecular complexity index is 422. The van der Waals surface area contributed by atoms with E-state index in [1.807, 2.05) is 0 Å². The molecule has 1 N–H and O–H groups in total. The highest BCUT2D eigenvalue weighted by Crippen LogP contribution is 2.41. The van der Waals surface area contributed by atoms with Crippen molar-refractivity contribution in [1.82, 2.24) is 15.5 Å². The molecular weight excluding hydrogens is 238 g/mol. The van der Waals surface area contributed by atoms with Crippen LogP contribution in [0, 0.1) is 11.8 Å². The van der Waals surface area contributed by atoms with Gasteiger partial charge in [-0.3, -0.25) is 4.79 Å². The third-order valence-electron chi connectivity index (χ3n) is 4.63. The number of nitrogens with one attached hydrogen (secondary N) is 1. The Balaban J connectivity index is 1.45. The lowest BCUT2D eigenvalue weighted by Gasteiger charge is -2.42. The molecule has 0 unspecified atom stereocenters. The maximum Gasteiger partial charge on any atom is 0.272 e. The smallest absolute Gasteiger partial charge is 0.272 e. The van der Waals surface area contributed by atoms with E-state index < -0.39 is 0 Å². The van der Waals surface area contributed by atoms with Gasteiger partial charge in [0.1, 0.15) is 0 Å². The van der Waals surface area contributed by atoms with E-state index in [4.69, 9.17) is 0 Å². The van der Waals surface area contributed by atoms with Gasteiger partial charge in [0.25, 0.3) is 5.91 Å². The molecule has 1 aromatic heterocycles. The van der Waals surface area contributed by atoms with Crippen LogP contribution in [-0.2, 0) is 0 Å². The van der Waals surface area contributed by atoms with Gasteiger partial charge in [0.15, 0.2) is 5.69 Å². The predicted molar refractivity (Wildman–Crippen MR) is 72.6 cm³/mol. The molecule has 0 spiro atoms. The SMILES string of the molecule is O=C(NC1CC(C2CCCCC2)C1)c1cccnn1. The zero-order chi connectivity index (χ0) is 13.1. The molecule has 0 aliphatic heterocycles. The normalized spacial score (nSPS) is 27.6. The number of amides is 1. The summed E-state index contributed by atoms with van der Waals surface area (Å²) < 4.78 is 0. The Morgan fingerprint density at radius 3 is 2.63 bits per heavy atom. The van der Waals surface area contributed by atoms with Crippen molar-refractivity contribution in [2.45, 2.75) is 51.0 Å². The molecule has 1 amide bonds. The highest BCUT2D eigenvalue weighted by molar-refractivity contribution is 5.92. The van der Waals surface area contributed by atoms with Crippen LogP contribution in [0.3, 0.4) is 0 Å². The van der Waals surface area contributed by atoms with E-state index in [-0.39, 0.29) is 5.91 Å². The van der Waals surface area contributed by atoms with Gasteiger partial charge in [-0.15, -0.1) is 5.10 Å². The number of hydrogen-bond donors (Lipinski definition) is 1. The van der Waals surface area contributed by atoms with E-state index in [1.165, 1.54) is 32.1 Å².